The highest BCUT2D eigenvalue weighted by atomic mass is 16.8. The summed E-state index contributed by atoms with van der Waals surface area (Å²) in [5.74, 6) is -0.750. The Hall–Kier alpha value is -1.59. The van der Waals surface area contributed by atoms with Crippen LogP contribution < -0.4 is 0 Å². The van der Waals surface area contributed by atoms with Gasteiger partial charge in [0, 0.05) is 0 Å². The van der Waals surface area contributed by atoms with E-state index >= 15 is 0 Å². The molecule has 26 unspecified atom stereocenters. The number of ether oxygens (including phenoxy) is 8. The first-order chi connectivity index (χ1) is 31.1. The largest absolute Gasteiger partial charge is 0.432 e. The summed E-state index contributed by atoms with van der Waals surface area (Å²) in [7, 11) is 0. The van der Waals surface area contributed by atoms with Crippen molar-refractivity contribution in [2.45, 2.75) is 207 Å². The Labute approximate surface area is 381 Å². The lowest BCUT2D eigenvalue weighted by atomic mass is 9.41. The van der Waals surface area contributed by atoms with Gasteiger partial charge in [0.05, 0.1) is 36.9 Å². The van der Waals surface area contributed by atoms with E-state index in [2.05, 4.69) is 13.5 Å². The maximum absolute atomic E-state index is 14.3. The van der Waals surface area contributed by atoms with Gasteiger partial charge in [-0.1, -0.05) is 19.9 Å². The van der Waals surface area contributed by atoms with E-state index in [1.165, 1.54) is 6.92 Å². The fraction of sp³-hybridized carbons (Fsp3) is 0.932. The first-order valence-electron chi connectivity index (χ1n) is 23.2. The Bertz CT molecular complexity index is 1740. The second-order valence-corrected chi connectivity index (χ2v) is 20.8. The Morgan fingerprint density at radius 3 is 1.74 bits per heavy atom. The number of rotatable bonds is 11. The molecule has 22 nitrogen and oxygen atoms in total. The first-order valence-corrected chi connectivity index (χ1v) is 23.2. The summed E-state index contributed by atoms with van der Waals surface area (Å²) in [6.45, 7) is 7.77. The normalized spacial score (nSPS) is 55.2. The molecule has 4 aliphatic heterocycles. The zero-order valence-corrected chi connectivity index (χ0v) is 37.4. The SMILES string of the molecule is C=C1CC23CCC4C(C)(C(=O)OC5OC(CO)C(O)C(O)C5O)CCCC4(C)C2CCC1(OC1OC(CO)C(O)C(OC2OC(CO)C(O)C(O)C2O)C1OC1OC(C)C(O)C(O)C1O)C3. The highest BCUT2D eigenvalue weighted by Crippen LogP contribution is 2.73. The van der Waals surface area contributed by atoms with E-state index in [-0.39, 0.29) is 17.3 Å². The molecule has 66 heavy (non-hydrogen) atoms. The van der Waals surface area contributed by atoms with Gasteiger partial charge in [0.15, 0.2) is 18.9 Å². The lowest BCUT2D eigenvalue weighted by Crippen LogP contribution is -2.67. The minimum atomic E-state index is -1.92. The number of aliphatic hydroxyl groups excluding tert-OH is 13. The lowest BCUT2D eigenvalue weighted by molar-refractivity contribution is -0.398. The van der Waals surface area contributed by atoms with Gasteiger partial charge in [0.25, 0.3) is 0 Å². The monoisotopic (exact) mass is 950 g/mol. The minimum Gasteiger partial charge on any atom is -0.432 e. The average Bonchev–Trinajstić information content (AvgIpc) is 3.48. The summed E-state index contributed by atoms with van der Waals surface area (Å²) in [5, 5.41) is 137. The molecular formula is C44H70O22. The second kappa shape index (κ2) is 18.9. The predicted molar refractivity (Wildman–Crippen MR) is 218 cm³/mol. The van der Waals surface area contributed by atoms with Crippen molar-refractivity contribution in [1.29, 1.82) is 0 Å². The molecule has 0 aromatic heterocycles. The van der Waals surface area contributed by atoms with E-state index in [1.54, 1.807) is 0 Å². The van der Waals surface area contributed by atoms with E-state index in [0.717, 1.165) is 12.0 Å². The van der Waals surface area contributed by atoms with Crippen LogP contribution in [0.5, 0.6) is 0 Å². The summed E-state index contributed by atoms with van der Waals surface area (Å²) in [5.41, 5.74) is -2.19. The van der Waals surface area contributed by atoms with Crippen LogP contribution in [0.4, 0.5) is 0 Å². The van der Waals surface area contributed by atoms with Crippen LogP contribution in [0.3, 0.4) is 0 Å². The summed E-state index contributed by atoms with van der Waals surface area (Å²) in [6, 6.07) is 0. The van der Waals surface area contributed by atoms with Gasteiger partial charge in [-0.3, -0.25) is 4.79 Å². The lowest BCUT2D eigenvalue weighted by Gasteiger charge is -2.64. The van der Waals surface area contributed by atoms with Crippen molar-refractivity contribution in [3.8, 4) is 0 Å². The number of carbonyl (C=O) groups is 1. The molecule has 2 bridgehead atoms. The van der Waals surface area contributed by atoms with Crippen molar-refractivity contribution in [1.82, 2.24) is 0 Å². The number of aliphatic hydroxyl groups is 13. The predicted octanol–water partition coefficient (Wildman–Crippen LogP) is -4.09. The Morgan fingerprint density at radius 2 is 1.12 bits per heavy atom. The quantitative estimate of drug-likeness (QED) is 0.0532. The maximum atomic E-state index is 14.3. The molecule has 8 rings (SSSR count). The van der Waals surface area contributed by atoms with Crippen LogP contribution in [0.25, 0.3) is 0 Å². The van der Waals surface area contributed by atoms with Crippen LogP contribution in [0.2, 0.25) is 0 Å². The molecule has 4 saturated heterocycles. The zero-order chi connectivity index (χ0) is 48.0. The van der Waals surface area contributed by atoms with Crippen LogP contribution >= 0.6 is 0 Å². The van der Waals surface area contributed by atoms with Crippen molar-refractivity contribution in [3.05, 3.63) is 12.2 Å². The van der Waals surface area contributed by atoms with Crippen LogP contribution in [0.15, 0.2) is 12.2 Å². The second-order valence-electron chi connectivity index (χ2n) is 20.8. The molecule has 4 saturated carbocycles. The molecule has 0 aromatic carbocycles. The van der Waals surface area contributed by atoms with Gasteiger partial charge < -0.3 is 104 Å². The standard InChI is InChI=1S/C44H70O22/c1-17-12-43-10-6-22-41(3,8-5-9-42(22,4)40(58)65-38-33(57)30(54)26(50)20(14-46)61-38)23(43)7-11-44(17,16-43)66-39-35(64-36-31(55)28(52)24(48)18(2)59-36)34(27(51)21(15-47)62-39)63-37-32(56)29(53)25(49)19(13-45)60-37/h18-39,45-57H,1,5-16H2,2-4H3. The van der Waals surface area contributed by atoms with Gasteiger partial charge in [0.2, 0.25) is 6.29 Å². The van der Waals surface area contributed by atoms with Gasteiger partial charge >= 0.3 is 5.97 Å². The topological polar surface area (TPSA) is 354 Å². The van der Waals surface area contributed by atoms with Crippen molar-refractivity contribution in [2.75, 3.05) is 19.8 Å². The van der Waals surface area contributed by atoms with Crippen LogP contribution in [0.1, 0.15) is 78.6 Å². The Morgan fingerprint density at radius 1 is 0.606 bits per heavy atom. The molecule has 8 fully saturated rings. The summed E-state index contributed by atoms with van der Waals surface area (Å²) in [4.78, 5) is 14.3. The minimum absolute atomic E-state index is 0.0493. The van der Waals surface area contributed by atoms with Crippen molar-refractivity contribution in [3.63, 3.8) is 0 Å². The molecule has 26 atom stereocenters. The highest BCUT2D eigenvalue weighted by Gasteiger charge is 2.70. The summed E-state index contributed by atoms with van der Waals surface area (Å²) < 4.78 is 48.4. The van der Waals surface area contributed by atoms with Gasteiger partial charge in [-0.2, -0.15) is 0 Å². The molecule has 4 aliphatic carbocycles. The molecular weight excluding hydrogens is 880 g/mol. The molecule has 378 valence electrons. The third-order valence-electron chi connectivity index (χ3n) is 17.0. The fourth-order valence-electron chi connectivity index (χ4n) is 13.4. The summed E-state index contributed by atoms with van der Waals surface area (Å²) in [6.07, 6.45) is -27.4. The molecule has 0 aromatic rings. The van der Waals surface area contributed by atoms with E-state index in [0.29, 0.717) is 51.4 Å². The van der Waals surface area contributed by atoms with Gasteiger partial charge in [0.1, 0.15) is 91.6 Å². The van der Waals surface area contributed by atoms with Crippen LogP contribution in [-0.2, 0) is 42.7 Å². The molecule has 22 heteroatoms. The molecule has 4 heterocycles. The third-order valence-corrected chi connectivity index (χ3v) is 17.0. The summed E-state index contributed by atoms with van der Waals surface area (Å²) >= 11 is 0. The number of carbonyl (C=O) groups excluding carboxylic acids is 1. The molecule has 8 aliphatic rings. The Balaban J connectivity index is 1.06. The number of hydrogen-bond acceptors (Lipinski definition) is 22. The Kier molecular flexibility index (Phi) is 14.5. The van der Waals surface area contributed by atoms with E-state index in [9.17, 15) is 71.2 Å². The fourth-order valence-corrected chi connectivity index (χ4v) is 13.4. The molecule has 1 spiro atoms. The van der Waals surface area contributed by atoms with E-state index < -0.39 is 165 Å². The maximum Gasteiger partial charge on any atom is 0.314 e. The van der Waals surface area contributed by atoms with Crippen molar-refractivity contribution >= 4 is 5.97 Å². The van der Waals surface area contributed by atoms with E-state index in [4.69, 9.17) is 37.9 Å². The number of esters is 1. The van der Waals surface area contributed by atoms with Crippen molar-refractivity contribution < 1.29 is 109 Å². The first kappa shape index (κ1) is 50.8. The van der Waals surface area contributed by atoms with E-state index in [1.807, 2.05) is 6.92 Å². The van der Waals surface area contributed by atoms with Gasteiger partial charge in [-0.25, -0.2) is 0 Å². The highest BCUT2D eigenvalue weighted by molar-refractivity contribution is 5.77. The molecule has 0 radical (unpaired) electrons. The van der Waals surface area contributed by atoms with Gasteiger partial charge in [-0.15, -0.1) is 0 Å². The van der Waals surface area contributed by atoms with Crippen LogP contribution in [0, 0.1) is 28.1 Å². The molecule has 0 amide bonds. The number of hydrogen-bond donors (Lipinski definition) is 13. The average molecular weight is 951 g/mol. The number of fused-ring (bicyclic) bond motifs is 3. The molecule has 13 N–H and O–H groups in total. The van der Waals surface area contributed by atoms with Crippen LogP contribution in [-0.4, -0.2) is 221 Å². The smallest absolute Gasteiger partial charge is 0.314 e. The third kappa shape index (κ3) is 8.30. The van der Waals surface area contributed by atoms with Gasteiger partial charge in [-0.05, 0) is 93.5 Å². The van der Waals surface area contributed by atoms with Crippen molar-refractivity contribution in [2.24, 2.45) is 28.1 Å². The zero-order valence-electron chi connectivity index (χ0n) is 37.4.